The van der Waals surface area contributed by atoms with Crippen LogP contribution in [0, 0.1) is 0 Å². The van der Waals surface area contributed by atoms with Gasteiger partial charge in [-0.2, -0.15) is 13.2 Å². The molecule has 0 saturated heterocycles. The smallest absolute Gasteiger partial charge is 0.383 e. The number of benzene rings is 1. The maximum Gasteiger partial charge on any atom is 0.411 e. The van der Waals surface area contributed by atoms with Crippen molar-refractivity contribution in [1.82, 2.24) is 4.90 Å². The van der Waals surface area contributed by atoms with Crippen molar-refractivity contribution in [2.24, 2.45) is 0 Å². The number of amides is 1. The van der Waals surface area contributed by atoms with Gasteiger partial charge in [-0.1, -0.05) is 30.3 Å². The van der Waals surface area contributed by atoms with Crippen LogP contribution >= 0.6 is 0 Å². The summed E-state index contributed by atoms with van der Waals surface area (Å²) in [5, 5.41) is 0. The first-order valence-electron chi connectivity index (χ1n) is 6.83. The minimum Gasteiger partial charge on any atom is -0.383 e. The zero-order valence-electron chi connectivity index (χ0n) is 12.6. The molecular formula is C15H20F3NO3. The molecule has 1 rings (SSSR count). The molecule has 0 aliphatic rings. The van der Waals surface area contributed by atoms with E-state index in [0.717, 1.165) is 5.56 Å². The molecule has 0 aliphatic heterocycles. The zero-order chi connectivity index (χ0) is 16.6. The van der Waals surface area contributed by atoms with Crippen LogP contribution in [-0.2, 0) is 20.8 Å². The van der Waals surface area contributed by atoms with Gasteiger partial charge in [-0.15, -0.1) is 0 Å². The van der Waals surface area contributed by atoms with Gasteiger partial charge in [0.2, 0.25) is 0 Å². The molecule has 4 nitrogen and oxygen atoms in total. The third kappa shape index (κ3) is 6.91. The molecule has 0 fully saturated rings. The van der Waals surface area contributed by atoms with Gasteiger partial charge in [0.15, 0.2) is 0 Å². The molecule has 1 aromatic rings. The minimum atomic E-state index is -4.45. The maximum atomic E-state index is 12.2. The summed E-state index contributed by atoms with van der Waals surface area (Å²) in [6, 6.07) is 9.19. The van der Waals surface area contributed by atoms with Gasteiger partial charge < -0.3 is 14.4 Å². The minimum absolute atomic E-state index is 0.282. The Labute approximate surface area is 127 Å². The molecule has 0 saturated carbocycles. The highest BCUT2D eigenvalue weighted by molar-refractivity contribution is 5.80. The summed E-state index contributed by atoms with van der Waals surface area (Å²) >= 11 is 0. The number of ether oxygens (including phenoxy) is 2. The Kier molecular flexibility index (Phi) is 7.34. The van der Waals surface area contributed by atoms with Gasteiger partial charge >= 0.3 is 6.18 Å². The first-order valence-corrected chi connectivity index (χ1v) is 6.83. The number of nitrogens with zero attached hydrogens (tertiary/aromatic N) is 1. The summed E-state index contributed by atoms with van der Waals surface area (Å²) in [6.45, 7) is 0.749. The van der Waals surface area contributed by atoms with Gasteiger partial charge in [0, 0.05) is 20.2 Å². The number of hydrogen-bond donors (Lipinski definition) is 0. The Balaban J connectivity index is 2.67. The molecular weight excluding hydrogens is 299 g/mol. The van der Waals surface area contributed by atoms with E-state index in [9.17, 15) is 18.0 Å². The van der Waals surface area contributed by atoms with Crippen molar-refractivity contribution in [3.8, 4) is 0 Å². The average Bonchev–Trinajstić information content (AvgIpc) is 2.48. The van der Waals surface area contributed by atoms with Crippen molar-refractivity contribution >= 4 is 5.91 Å². The van der Waals surface area contributed by atoms with E-state index >= 15 is 0 Å². The van der Waals surface area contributed by atoms with Crippen LogP contribution in [0.25, 0.3) is 0 Å². The Bertz CT molecular complexity index is 451. The van der Waals surface area contributed by atoms with Gasteiger partial charge in [0.25, 0.3) is 5.91 Å². The van der Waals surface area contributed by atoms with Gasteiger partial charge in [-0.3, -0.25) is 4.79 Å². The number of carbonyl (C=O) groups is 1. The summed E-state index contributed by atoms with van der Waals surface area (Å²) in [5.74, 6) is -0.495. The van der Waals surface area contributed by atoms with Crippen molar-refractivity contribution in [3.05, 3.63) is 35.9 Å². The van der Waals surface area contributed by atoms with E-state index in [-0.39, 0.29) is 6.54 Å². The van der Waals surface area contributed by atoms with Crippen LogP contribution in [0.1, 0.15) is 12.5 Å². The number of hydrogen-bond acceptors (Lipinski definition) is 3. The van der Waals surface area contributed by atoms with Crippen LogP contribution in [0.2, 0.25) is 0 Å². The molecule has 1 aromatic carbocycles. The zero-order valence-corrected chi connectivity index (χ0v) is 12.6. The fourth-order valence-corrected chi connectivity index (χ4v) is 1.82. The van der Waals surface area contributed by atoms with Crippen LogP contribution < -0.4 is 0 Å². The largest absolute Gasteiger partial charge is 0.411 e. The van der Waals surface area contributed by atoms with Crippen molar-refractivity contribution in [2.45, 2.75) is 25.7 Å². The Morgan fingerprint density at radius 3 is 2.45 bits per heavy atom. The molecule has 0 aliphatic carbocycles. The Hall–Kier alpha value is -1.60. The molecule has 0 radical (unpaired) electrons. The second kappa shape index (κ2) is 8.75. The molecule has 7 heteroatoms. The molecule has 0 heterocycles. The third-order valence-corrected chi connectivity index (χ3v) is 2.94. The van der Waals surface area contributed by atoms with Crippen molar-refractivity contribution in [1.29, 1.82) is 0 Å². The van der Waals surface area contributed by atoms with Gasteiger partial charge in [0.1, 0.15) is 12.7 Å². The molecule has 1 unspecified atom stereocenters. The van der Waals surface area contributed by atoms with Crippen LogP contribution in [0.5, 0.6) is 0 Å². The second-order valence-corrected chi connectivity index (χ2v) is 4.81. The van der Waals surface area contributed by atoms with E-state index in [1.807, 2.05) is 30.3 Å². The Morgan fingerprint density at radius 1 is 1.27 bits per heavy atom. The highest BCUT2D eigenvalue weighted by Gasteiger charge is 2.31. The fourth-order valence-electron chi connectivity index (χ4n) is 1.82. The van der Waals surface area contributed by atoms with Crippen molar-refractivity contribution in [3.63, 3.8) is 0 Å². The fraction of sp³-hybridized carbons (Fsp3) is 0.533. The van der Waals surface area contributed by atoms with E-state index in [0.29, 0.717) is 13.2 Å². The SMILES string of the molecule is COCCN(Cc1ccccc1)C(=O)C(C)OCC(F)(F)F. The molecule has 124 valence electrons. The standard InChI is InChI=1S/C15H20F3NO3/c1-12(22-11-15(16,17)18)14(20)19(8-9-21-2)10-13-6-4-3-5-7-13/h3-7,12H,8-11H2,1-2H3. The number of alkyl halides is 3. The lowest BCUT2D eigenvalue weighted by Crippen LogP contribution is -2.41. The molecule has 1 atom stereocenters. The first kappa shape index (κ1) is 18.4. The molecule has 0 spiro atoms. The lowest BCUT2D eigenvalue weighted by molar-refractivity contribution is -0.188. The summed E-state index contributed by atoms with van der Waals surface area (Å²) < 4.78 is 46.0. The van der Waals surface area contributed by atoms with Gasteiger partial charge in [0.05, 0.1) is 6.61 Å². The van der Waals surface area contributed by atoms with Crippen LogP contribution in [0.15, 0.2) is 30.3 Å². The van der Waals surface area contributed by atoms with E-state index < -0.39 is 24.8 Å². The monoisotopic (exact) mass is 319 g/mol. The van der Waals surface area contributed by atoms with Crippen LogP contribution in [0.3, 0.4) is 0 Å². The van der Waals surface area contributed by atoms with Crippen molar-refractivity contribution in [2.75, 3.05) is 26.9 Å². The highest BCUT2D eigenvalue weighted by Crippen LogP contribution is 2.16. The van der Waals surface area contributed by atoms with E-state index in [1.54, 1.807) is 0 Å². The topological polar surface area (TPSA) is 38.8 Å². The average molecular weight is 319 g/mol. The molecule has 0 aromatic heterocycles. The van der Waals surface area contributed by atoms with Crippen molar-refractivity contribution < 1.29 is 27.4 Å². The lowest BCUT2D eigenvalue weighted by atomic mass is 10.2. The predicted molar refractivity (Wildman–Crippen MR) is 75.2 cm³/mol. The third-order valence-electron chi connectivity index (χ3n) is 2.94. The number of carbonyl (C=O) groups excluding carboxylic acids is 1. The number of methoxy groups -OCH3 is 1. The molecule has 0 N–H and O–H groups in total. The molecule has 22 heavy (non-hydrogen) atoms. The predicted octanol–water partition coefficient (Wildman–Crippen LogP) is 2.63. The van der Waals surface area contributed by atoms with Gasteiger partial charge in [-0.25, -0.2) is 0 Å². The van der Waals surface area contributed by atoms with Crippen LogP contribution in [-0.4, -0.2) is 50.0 Å². The summed E-state index contributed by atoms with van der Waals surface area (Å²) in [7, 11) is 1.49. The van der Waals surface area contributed by atoms with E-state index in [1.165, 1.54) is 18.9 Å². The Morgan fingerprint density at radius 2 is 1.91 bits per heavy atom. The lowest BCUT2D eigenvalue weighted by Gasteiger charge is -2.26. The number of rotatable bonds is 8. The normalized spacial score (nSPS) is 13.0. The first-order chi connectivity index (χ1) is 10.3. The van der Waals surface area contributed by atoms with Crippen LogP contribution in [0.4, 0.5) is 13.2 Å². The summed E-state index contributed by atoms with van der Waals surface area (Å²) in [6.07, 6.45) is -5.62. The summed E-state index contributed by atoms with van der Waals surface area (Å²) in [4.78, 5) is 13.7. The second-order valence-electron chi connectivity index (χ2n) is 4.81. The highest BCUT2D eigenvalue weighted by atomic mass is 19.4. The quantitative estimate of drug-likeness (QED) is 0.739. The van der Waals surface area contributed by atoms with Gasteiger partial charge in [-0.05, 0) is 12.5 Å². The number of halogens is 3. The van der Waals surface area contributed by atoms with E-state index in [2.05, 4.69) is 4.74 Å². The molecule has 1 amide bonds. The maximum absolute atomic E-state index is 12.2. The summed E-state index contributed by atoms with van der Waals surface area (Å²) in [5.41, 5.74) is 0.884. The molecule has 0 bridgehead atoms. The van der Waals surface area contributed by atoms with E-state index in [4.69, 9.17) is 4.74 Å².